The maximum atomic E-state index is 10.9. The molecule has 0 aromatic heterocycles. The van der Waals surface area contributed by atoms with Gasteiger partial charge in [0.2, 0.25) is 0 Å². The molecular weight excluding hydrogens is 220 g/mol. The number of benzene rings is 1. The molecule has 1 aromatic carbocycles. The van der Waals surface area contributed by atoms with E-state index in [1.165, 1.54) is 0 Å². The molecule has 0 fully saturated rings. The highest BCUT2D eigenvalue weighted by molar-refractivity contribution is 5.78. The molecule has 0 unspecified atom stereocenters. The summed E-state index contributed by atoms with van der Waals surface area (Å²) >= 11 is 0. The number of Topliss-reactive ketones (excluding diaryl/α,β-unsaturated/α-hetero) is 1. The Hall–Kier alpha value is -1.39. The third-order valence-corrected chi connectivity index (χ3v) is 2.29. The second-order valence-electron chi connectivity index (χ2n) is 3.73. The molecule has 1 aromatic rings. The highest BCUT2D eigenvalue weighted by Crippen LogP contribution is 2.13. The van der Waals surface area contributed by atoms with Crippen LogP contribution >= 0.6 is 0 Å². The van der Waals surface area contributed by atoms with Gasteiger partial charge in [-0.1, -0.05) is 12.1 Å². The van der Waals surface area contributed by atoms with Gasteiger partial charge in [-0.2, -0.15) is 0 Å². The van der Waals surface area contributed by atoms with Crippen LogP contribution in [0, 0.1) is 0 Å². The molecule has 4 heteroatoms. The third-order valence-electron chi connectivity index (χ3n) is 2.29. The quantitative estimate of drug-likeness (QED) is 0.680. The van der Waals surface area contributed by atoms with Gasteiger partial charge in [-0.15, -0.1) is 0 Å². The number of ketones is 1. The topological polar surface area (TPSA) is 44.8 Å². The Kier molecular flexibility index (Phi) is 5.66. The van der Waals surface area contributed by atoms with Gasteiger partial charge >= 0.3 is 0 Å². The van der Waals surface area contributed by atoms with Crippen molar-refractivity contribution in [2.24, 2.45) is 0 Å². The van der Waals surface area contributed by atoms with Crippen LogP contribution in [0.4, 0.5) is 0 Å². The molecule has 0 spiro atoms. The summed E-state index contributed by atoms with van der Waals surface area (Å²) < 4.78 is 15.5. The maximum Gasteiger partial charge on any atom is 0.191 e. The largest absolute Gasteiger partial charge is 0.488 e. The molecule has 0 heterocycles. The monoisotopic (exact) mass is 238 g/mol. The van der Waals surface area contributed by atoms with Crippen molar-refractivity contribution >= 4 is 5.78 Å². The van der Waals surface area contributed by atoms with Gasteiger partial charge in [0.1, 0.15) is 18.1 Å². The molecule has 94 valence electrons. The predicted octanol–water partition coefficient (Wildman–Crippen LogP) is 1.82. The Bertz CT molecular complexity index is 341. The number of hydrogen-bond acceptors (Lipinski definition) is 4. The Morgan fingerprint density at radius 1 is 1.18 bits per heavy atom. The van der Waals surface area contributed by atoms with Crippen molar-refractivity contribution < 1.29 is 19.0 Å². The van der Waals surface area contributed by atoms with Crippen LogP contribution in [0.5, 0.6) is 5.75 Å². The van der Waals surface area contributed by atoms with Gasteiger partial charge < -0.3 is 14.2 Å². The molecule has 0 aliphatic carbocycles. The summed E-state index contributed by atoms with van der Waals surface area (Å²) in [7, 11) is 3.13. The van der Waals surface area contributed by atoms with E-state index in [-0.39, 0.29) is 12.1 Å². The van der Waals surface area contributed by atoms with E-state index in [9.17, 15) is 4.79 Å². The average molecular weight is 238 g/mol. The molecule has 0 atom stereocenters. The summed E-state index contributed by atoms with van der Waals surface area (Å²) in [4.78, 5) is 10.9. The van der Waals surface area contributed by atoms with Gasteiger partial charge in [-0.25, -0.2) is 0 Å². The van der Waals surface area contributed by atoms with Crippen molar-refractivity contribution in [2.75, 3.05) is 20.8 Å². The molecule has 0 aliphatic heterocycles. The van der Waals surface area contributed by atoms with Crippen molar-refractivity contribution in [1.29, 1.82) is 0 Å². The molecule has 0 amide bonds. The Morgan fingerprint density at radius 3 is 2.24 bits per heavy atom. The predicted molar refractivity (Wildman–Crippen MR) is 64.1 cm³/mol. The van der Waals surface area contributed by atoms with Crippen molar-refractivity contribution in [3.05, 3.63) is 29.8 Å². The van der Waals surface area contributed by atoms with Gasteiger partial charge in [-0.3, -0.25) is 4.79 Å². The third kappa shape index (κ3) is 4.97. The first-order chi connectivity index (χ1) is 8.15. The minimum absolute atomic E-state index is 0.150. The summed E-state index contributed by atoms with van der Waals surface area (Å²) in [5.41, 5.74) is 0.986. The van der Waals surface area contributed by atoms with Crippen LogP contribution in [0.3, 0.4) is 0 Å². The number of carbonyl (C=O) groups excluding carboxylic acids is 1. The van der Waals surface area contributed by atoms with E-state index in [1.807, 2.05) is 24.3 Å². The standard InChI is InChI=1S/C13H18O4/c1-10(14)8-11-4-6-12(7-5-11)17-9-13(15-2)16-3/h4-7,13H,8-9H2,1-3H3. The molecule has 0 aliphatic rings. The lowest BCUT2D eigenvalue weighted by Gasteiger charge is -2.14. The first kappa shape index (κ1) is 13.7. The summed E-state index contributed by atoms with van der Waals surface area (Å²) in [6.07, 6.45) is 0.0888. The maximum absolute atomic E-state index is 10.9. The lowest BCUT2D eigenvalue weighted by Crippen LogP contribution is -2.21. The van der Waals surface area contributed by atoms with Crippen LogP contribution in [0.1, 0.15) is 12.5 Å². The summed E-state index contributed by atoms with van der Waals surface area (Å²) in [5.74, 6) is 0.883. The van der Waals surface area contributed by atoms with E-state index in [0.717, 1.165) is 11.3 Å². The number of hydrogen-bond donors (Lipinski definition) is 0. The zero-order chi connectivity index (χ0) is 12.7. The fourth-order valence-electron chi connectivity index (χ4n) is 1.39. The van der Waals surface area contributed by atoms with Crippen molar-refractivity contribution in [2.45, 2.75) is 19.6 Å². The van der Waals surface area contributed by atoms with Gasteiger partial charge in [0.25, 0.3) is 0 Å². The van der Waals surface area contributed by atoms with E-state index in [4.69, 9.17) is 14.2 Å². The van der Waals surface area contributed by atoms with E-state index < -0.39 is 0 Å². The lowest BCUT2D eigenvalue weighted by molar-refractivity contribution is -0.121. The Morgan fingerprint density at radius 2 is 1.76 bits per heavy atom. The summed E-state index contributed by atoms with van der Waals surface area (Å²) in [5, 5.41) is 0. The Labute approximate surface area is 101 Å². The second-order valence-corrected chi connectivity index (χ2v) is 3.73. The number of rotatable bonds is 7. The van der Waals surface area contributed by atoms with Crippen LogP contribution in [0.15, 0.2) is 24.3 Å². The van der Waals surface area contributed by atoms with E-state index in [0.29, 0.717) is 13.0 Å². The normalized spacial score (nSPS) is 10.6. The highest BCUT2D eigenvalue weighted by Gasteiger charge is 2.05. The van der Waals surface area contributed by atoms with Crippen LogP contribution in [-0.4, -0.2) is 32.9 Å². The van der Waals surface area contributed by atoms with E-state index in [2.05, 4.69) is 0 Å². The van der Waals surface area contributed by atoms with Crippen molar-refractivity contribution in [1.82, 2.24) is 0 Å². The van der Waals surface area contributed by atoms with Crippen molar-refractivity contribution in [3.63, 3.8) is 0 Å². The molecule has 1 rings (SSSR count). The van der Waals surface area contributed by atoms with E-state index in [1.54, 1.807) is 21.1 Å². The van der Waals surface area contributed by atoms with Crippen LogP contribution in [0.25, 0.3) is 0 Å². The number of ether oxygens (including phenoxy) is 3. The lowest BCUT2D eigenvalue weighted by atomic mass is 10.1. The van der Waals surface area contributed by atoms with Crippen LogP contribution in [0.2, 0.25) is 0 Å². The minimum Gasteiger partial charge on any atom is -0.488 e. The van der Waals surface area contributed by atoms with E-state index >= 15 is 0 Å². The molecule has 0 saturated carbocycles. The number of methoxy groups -OCH3 is 2. The molecule has 0 bridgehead atoms. The van der Waals surface area contributed by atoms with Gasteiger partial charge in [0, 0.05) is 20.6 Å². The van der Waals surface area contributed by atoms with Gasteiger partial charge in [0.15, 0.2) is 6.29 Å². The smallest absolute Gasteiger partial charge is 0.191 e. The summed E-state index contributed by atoms with van der Waals surface area (Å²) in [6, 6.07) is 7.43. The molecule has 0 radical (unpaired) electrons. The number of carbonyl (C=O) groups is 1. The average Bonchev–Trinajstić information content (AvgIpc) is 2.32. The first-order valence-electron chi connectivity index (χ1n) is 5.42. The second kappa shape index (κ2) is 7.04. The molecule has 0 saturated heterocycles. The fourth-order valence-corrected chi connectivity index (χ4v) is 1.39. The SMILES string of the molecule is COC(COc1ccc(CC(C)=O)cc1)OC. The fraction of sp³-hybridized carbons (Fsp3) is 0.462. The van der Waals surface area contributed by atoms with Crippen molar-refractivity contribution in [3.8, 4) is 5.75 Å². The molecular formula is C13H18O4. The molecule has 4 nitrogen and oxygen atoms in total. The first-order valence-corrected chi connectivity index (χ1v) is 5.42. The Balaban J connectivity index is 2.47. The van der Waals surface area contributed by atoms with Crippen LogP contribution < -0.4 is 4.74 Å². The summed E-state index contributed by atoms with van der Waals surface area (Å²) in [6.45, 7) is 1.91. The zero-order valence-corrected chi connectivity index (χ0v) is 10.4. The molecule has 0 N–H and O–H groups in total. The highest BCUT2D eigenvalue weighted by atomic mass is 16.7. The van der Waals surface area contributed by atoms with Gasteiger partial charge in [-0.05, 0) is 24.6 Å². The van der Waals surface area contributed by atoms with Gasteiger partial charge in [0.05, 0.1) is 0 Å². The molecule has 17 heavy (non-hydrogen) atoms. The minimum atomic E-state index is -0.369. The van der Waals surface area contributed by atoms with Crippen LogP contribution in [-0.2, 0) is 20.7 Å². The zero-order valence-electron chi connectivity index (χ0n) is 10.4.